The highest BCUT2D eigenvalue weighted by Gasteiger charge is 2.23. The Labute approximate surface area is 151 Å². The first-order valence-electron chi connectivity index (χ1n) is 8.06. The molecule has 0 atom stereocenters. The van der Waals surface area contributed by atoms with E-state index < -0.39 is 0 Å². The van der Waals surface area contributed by atoms with Crippen LogP contribution in [0.1, 0.15) is 11.3 Å². The van der Waals surface area contributed by atoms with Crippen molar-refractivity contribution in [2.75, 3.05) is 43.5 Å². The van der Waals surface area contributed by atoms with Crippen LogP contribution in [-0.4, -0.2) is 49.4 Å². The molecule has 2 aromatic rings. The van der Waals surface area contributed by atoms with Gasteiger partial charge in [0, 0.05) is 43.3 Å². The van der Waals surface area contributed by atoms with E-state index in [9.17, 15) is 4.79 Å². The van der Waals surface area contributed by atoms with E-state index in [1.54, 1.807) is 18.1 Å². The highest BCUT2D eigenvalue weighted by molar-refractivity contribution is 6.31. The first-order chi connectivity index (χ1) is 12.0. The Kier molecular flexibility index (Phi) is 5.03. The van der Waals surface area contributed by atoms with Crippen LogP contribution < -0.4 is 15.0 Å². The molecule has 134 valence electrons. The molecule has 1 aromatic carbocycles. The summed E-state index contributed by atoms with van der Waals surface area (Å²) in [6.07, 6.45) is 0. The monoisotopic (exact) mass is 364 g/mol. The average Bonchev–Trinajstić information content (AvgIpc) is 3.04. The van der Waals surface area contributed by atoms with Gasteiger partial charge in [-0.05, 0) is 25.5 Å². The lowest BCUT2D eigenvalue weighted by molar-refractivity contribution is 0.208. The fourth-order valence-corrected chi connectivity index (χ4v) is 2.92. The molecule has 0 saturated carbocycles. The zero-order valence-electron chi connectivity index (χ0n) is 14.5. The Morgan fingerprint density at radius 1 is 1.24 bits per heavy atom. The van der Waals surface area contributed by atoms with Gasteiger partial charge in [-0.25, -0.2) is 4.79 Å². The standard InChI is InChI=1S/C17H21ClN4O3/c1-11-8-14(15(24-3)10-13(11)18)19-17(23)22-6-4-21(5-7-22)16-9-12(2)25-20-16/h8-10H,4-7H2,1-3H3,(H,19,23). The normalized spacial score (nSPS) is 14.6. The molecule has 1 aromatic heterocycles. The Balaban J connectivity index is 1.62. The number of nitrogens with one attached hydrogen (secondary N) is 1. The highest BCUT2D eigenvalue weighted by atomic mass is 35.5. The van der Waals surface area contributed by atoms with Crippen LogP contribution in [0.4, 0.5) is 16.3 Å². The van der Waals surface area contributed by atoms with Crippen LogP contribution in [0.25, 0.3) is 0 Å². The molecule has 7 nitrogen and oxygen atoms in total. The van der Waals surface area contributed by atoms with Crippen LogP contribution >= 0.6 is 11.6 Å². The second kappa shape index (κ2) is 7.23. The molecular weight excluding hydrogens is 344 g/mol. The van der Waals surface area contributed by atoms with Gasteiger partial charge in [0.15, 0.2) is 5.82 Å². The molecule has 1 aliphatic rings. The molecule has 1 saturated heterocycles. The van der Waals surface area contributed by atoms with Crippen molar-refractivity contribution in [3.63, 3.8) is 0 Å². The third kappa shape index (κ3) is 3.82. The quantitative estimate of drug-likeness (QED) is 0.904. The summed E-state index contributed by atoms with van der Waals surface area (Å²) < 4.78 is 10.4. The van der Waals surface area contributed by atoms with Crippen molar-refractivity contribution in [3.05, 3.63) is 34.5 Å². The first kappa shape index (κ1) is 17.4. The Morgan fingerprint density at radius 3 is 2.56 bits per heavy atom. The maximum absolute atomic E-state index is 12.6. The number of anilines is 2. The predicted octanol–water partition coefficient (Wildman–Crippen LogP) is 3.31. The fourth-order valence-electron chi connectivity index (χ4n) is 2.77. The molecule has 0 bridgehead atoms. The van der Waals surface area contributed by atoms with Gasteiger partial charge in [0.05, 0.1) is 12.8 Å². The zero-order chi connectivity index (χ0) is 18.0. The molecule has 2 amide bonds. The number of rotatable bonds is 3. The Morgan fingerprint density at radius 2 is 1.96 bits per heavy atom. The van der Waals surface area contributed by atoms with E-state index in [4.69, 9.17) is 20.9 Å². The Bertz CT molecular complexity index is 769. The number of methoxy groups -OCH3 is 1. The van der Waals surface area contributed by atoms with E-state index in [0.717, 1.165) is 17.1 Å². The fraction of sp³-hybridized carbons (Fsp3) is 0.412. The second-order valence-electron chi connectivity index (χ2n) is 6.00. The predicted molar refractivity (Wildman–Crippen MR) is 96.8 cm³/mol. The second-order valence-corrected chi connectivity index (χ2v) is 6.41. The van der Waals surface area contributed by atoms with Crippen molar-refractivity contribution in [2.45, 2.75) is 13.8 Å². The average molecular weight is 365 g/mol. The van der Waals surface area contributed by atoms with E-state index in [-0.39, 0.29) is 6.03 Å². The number of nitrogens with zero attached hydrogens (tertiary/aromatic N) is 3. The summed E-state index contributed by atoms with van der Waals surface area (Å²) in [5, 5.41) is 7.53. The smallest absolute Gasteiger partial charge is 0.322 e. The van der Waals surface area contributed by atoms with Crippen molar-refractivity contribution in [2.24, 2.45) is 0 Å². The summed E-state index contributed by atoms with van der Waals surface area (Å²) in [5.41, 5.74) is 1.49. The minimum Gasteiger partial charge on any atom is -0.495 e. The van der Waals surface area contributed by atoms with Gasteiger partial charge in [-0.15, -0.1) is 0 Å². The van der Waals surface area contributed by atoms with Crippen LogP contribution in [-0.2, 0) is 0 Å². The molecular formula is C17H21ClN4O3. The molecule has 1 fully saturated rings. The van der Waals surface area contributed by atoms with Crippen LogP contribution in [0, 0.1) is 13.8 Å². The number of benzene rings is 1. The molecule has 8 heteroatoms. The summed E-state index contributed by atoms with van der Waals surface area (Å²) in [5.74, 6) is 2.13. The van der Waals surface area contributed by atoms with Gasteiger partial charge in [0.2, 0.25) is 0 Å². The third-order valence-corrected chi connectivity index (χ3v) is 4.64. The number of carbonyl (C=O) groups is 1. The van der Waals surface area contributed by atoms with Crippen LogP contribution in [0.5, 0.6) is 5.75 Å². The highest BCUT2D eigenvalue weighted by Crippen LogP contribution is 2.31. The van der Waals surface area contributed by atoms with Crippen LogP contribution in [0.2, 0.25) is 5.02 Å². The van der Waals surface area contributed by atoms with E-state index in [1.165, 1.54) is 0 Å². The van der Waals surface area contributed by atoms with Gasteiger partial charge in [0.25, 0.3) is 0 Å². The maximum atomic E-state index is 12.6. The molecule has 0 spiro atoms. The van der Waals surface area contributed by atoms with Gasteiger partial charge >= 0.3 is 6.03 Å². The van der Waals surface area contributed by atoms with Crippen molar-refractivity contribution < 1.29 is 14.1 Å². The van der Waals surface area contributed by atoms with Gasteiger partial charge in [-0.1, -0.05) is 16.8 Å². The van der Waals surface area contributed by atoms with Crippen molar-refractivity contribution in [1.29, 1.82) is 0 Å². The summed E-state index contributed by atoms with van der Waals surface area (Å²) in [6, 6.07) is 5.26. The maximum Gasteiger partial charge on any atom is 0.322 e. The summed E-state index contributed by atoms with van der Waals surface area (Å²) in [4.78, 5) is 16.4. The Hall–Kier alpha value is -2.41. The molecule has 3 rings (SSSR count). The lowest BCUT2D eigenvalue weighted by atomic mass is 10.2. The lowest BCUT2D eigenvalue weighted by Gasteiger charge is -2.34. The number of halogens is 1. The zero-order valence-corrected chi connectivity index (χ0v) is 15.3. The van der Waals surface area contributed by atoms with Crippen LogP contribution in [0.3, 0.4) is 0 Å². The number of hydrogen-bond donors (Lipinski definition) is 1. The van der Waals surface area contributed by atoms with Crippen molar-refractivity contribution in [3.8, 4) is 5.75 Å². The molecule has 0 aliphatic carbocycles. The number of hydrogen-bond acceptors (Lipinski definition) is 5. The van der Waals surface area contributed by atoms with Gasteiger partial charge in [-0.2, -0.15) is 0 Å². The third-order valence-electron chi connectivity index (χ3n) is 4.23. The van der Waals surface area contributed by atoms with Gasteiger partial charge < -0.3 is 24.4 Å². The van der Waals surface area contributed by atoms with Crippen molar-refractivity contribution in [1.82, 2.24) is 10.1 Å². The molecule has 0 radical (unpaired) electrons. The summed E-state index contributed by atoms with van der Waals surface area (Å²) in [7, 11) is 1.55. The molecule has 0 unspecified atom stereocenters. The number of amides is 2. The van der Waals surface area contributed by atoms with Gasteiger partial charge in [0.1, 0.15) is 11.5 Å². The van der Waals surface area contributed by atoms with Crippen LogP contribution in [0.15, 0.2) is 22.7 Å². The van der Waals surface area contributed by atoms with E-state index in [1.807, 2.05) is 26.0 Å². The topological polar surface area (TPSA) is 70.8 Å². The largest absolute Gasteiger partial charge is 0.495 e. The van der Waals surface area contributed by atoms with E-state index in [2.05, 4.69) is 15.4 Å². The summed E-state index contributed by atoms with van der Waals surface area (Å²) >= 11 is 6.10. The lowest BCUT2D eigenvalue weighted by Crippen LogP contribution is -2.50. The molecule has 1 aliphatic heterocycles. The minimum atomic E-state index is -0.156. The SMILES string of the molecule is COc1cc(Cl)c(C)cc1NC(=O)N1CCN(c2cc(C)on2)CC1. The number of ether oxygens (including phenoxy) is 1. The first-order valence-corrected chi connectivity index (χ1v) is 8.44. The number of carbonyl (C=O) groups excluding carboxylic acids is 1. The number of aryl methyl sites for hydroxylation is 2. The van der Waals surface area contributed by atoms with E-state index >= 15 is 0 Å². The number of piperazine rings is 1. The van der Waals surface area contributed by atoms with E-state index in [0.29, 0.717) is 42.6 Å². The molecule has 25 heavy (non-hydrogen) atoms. The minimum absolute atomic E-state index is 0.156. The molecule has 2 heterocycles. The van der Waals surface area contributed by atoms with Gasteiger partial charge in [-0.3, -0.25) is 0 Å². The number of urea groups is 1. The molecule has 1 N–H and O–H groups in total. The summed E-state index contributed by atoms with van der Waals surface area (Å²) in [6.45, 7) is 6.36. The number of aromatic nitrogens is 1. The van der Waals surface area contributed by atoms with Crippen molar-refractivity contribution >= 4 is 29.1 Å².